The van der Waals surface area contributed by atoms with Crippen molar-refractivity contribution in [3.8, 4) is 5.75 Å². The minimum absolute atomic E-state index is 0.0400. The molecule has 0 bridgehead atoms. The predicted molar refractivity (Wildman–Crippen MR) is 107 cm³/mol. The lowest BCUT2D eigenvalue weighted by Crippen LogP contribution is -2.50. The van der Waals surface area contributed by atoms with Gasteiger partial charge in [0.1, 0.15) is 11.8 Å². The lowest BCUT2D eigenvalue weighted by atomic mass is 10.0. The second-order valence-corrected chi connectivity index (χ2v) is 6.94. The van der Waals surface area contributed by atoms with Gasteiger partial charge in [0.2, 0.25) is 5.91 Å². The summed E-state index contributed by atoms with van der Waals surface area (Å²) < 4.78 is 5.60. The third-order valence-electron chi connectivity index (χ3n) is 3.97. The second-order valence-electron chi connectivity index (χ2n) is 6.51. The fraction of sp³-hybridized carbons (Fsp3) is 0.333. The maximum Gasteiger partial charge on any atom is 0.251 e. The van der Waals surface area contributed by atoms with Crippen LogP contribution in [-0.2, 0) is 4.79 Å². The monoisotopic (exact) mass is 388 g/mol. The minimum Gasteiger partial charge on any atom is -0.494 e. The van der Waals surface area contributed by atoms with Crippen molar-refractivity contribution in [1.82, 2.24) is 10.6 Å². The highest BCUT2D eigenvalue weighted by atomic mass is 35.5. The van der Waals surface area contributed by atoms with Crippen LogP contribution < -0.4 is 15.4 Å². The van der Waals surface area contributed by atoms with E-state index >= 15 is 0 Å². The molecule has 0 aromatic heterocycles. The number of rotatable bonds is 9. The number of carbonyl (C=O) groups is 2. The Morgan fingerprint density at radius 1 is 1.04 bits per heavy atom. The summed E-state index contributed by atoms with van der Waals surface area (Å²) in [5, 5.41) is 6.21. The van der Waals surface area contributed by atoms with E-state index in [1.807, 2.05) is 44.2 Å². The molecule has 2 aromatic rings. The number of amides is 2. The molecule has 0 aliphatic heterocycles. The standard InChI is InChI=1S/C21H25ClN2O3/c1-15(2)19(24-20(25)16-9-11-17(22)12-10-16)21(26)23-13-6-14-27-18-7-4-3-5-8-18/h3-5,7-12,15,19H,6,13-14H2,1-2H3,(H,23,26)(H,24,25). The van der Waals surface area contributed by atoms with Crippen molar-refractivity contribution in [1.29, 1.82) is 0 Å². The van der Waals surface area contributed by atoms with E-state index in [1.54, 1.807) is 24.3 Å². The largest absolute Gasteiger partial charge is 0.494 e. The molecule has 0 saturated carbocycles. The first-order chi connectivity index (χ1) is 13.0. The van der Waals surface area contributed by atoms with Crippen LogP contribution in [-0.4, -0.2) is 31.0 Å². The van der Waals surface area contributed by atoms with Crippen LogP contribution in [0.5, 0.6) is 5.75 Å². The average molecular weight is 389 g/mol. The van der Waals surface area contributed by atoms with Crippen molar-refractivity contribution in [3.63, 3.8) is 0 Å². The number of halogens is 1. The van der Waals surface area contributed by atoms with Crippen LogP contribution in [0.1, 0.15) is 30.6 Å². The predicted octanol–water partition coefficient (Wildman–Crippen LogP) is 3.68. The molecule has 0 radical (unpaired) electrons. The van der Waals surface area contributed by atoms with E-state index in [0.717, 1.165) is 5.75 Å². The van der Waals surface area contributed by atoms with Crippen LogP contribution in [0.3, 0.4) is 0 Å². The summed E-state index contributed by atoms with van der Waals surface area (Å²) in [7, 11) is 0. The molecule has 6 heteroatoms. The molecule has 0 saturated heterocycles. The number of para-hydroxylation sites is 1. The van der Waals surface area contributed by atoms with Crippen LogP contribution in [0.15, 0.2) is 54.6 Å². The summed E-state index contributed by atoms with van der Waals surface area (Å²) in [5.74, 6) is 0.265. The highest BCUT2D eigenvalue weighted by Gasteiger charge is 2.24. The molecular formula is C21H25ClN2O3. The Bertz CT molecular complexity index is 733. The zero-order valence-corrected chi connectivity index (χ0v) is 16.3. The topological polar surface area (TPSA) is 67.4 Å². The van der Waals surface area contributed by atoms with Gasteiger partial charge in [-0.25, -0.2) is 0 Å². The van der Waals surface area contributed by atoms with E-state index in [-0.39, 0.29) is 17.7 Å². The lowest BCUT2D eigenvalue weighted by molar-refractivity contribution is -0.123. The van der Waals surface area contributed by atoms with Crippen molar-refractivity contribution in [2.45, 2.75) is 26.3 Å². The third-order valence-corrected chi connectivity index (χ3v) is 4.23. The molecule has 0 aliphatic carbocycles. The quantitative estimate of drug-likeness (QED) is 0.644. The SMILES string of the molecule is CC(C)C(NC(=O)c1ccc(Cl)cc1)C(=O)NCCCOc1ccccc1. The van der Waals surface area contributed by atoms with Crippen LogP contribution in [0, 0.1) is 5.92 Å². The van der Waals surface area contributed by atoms with Gasteiger partial charge in [-0.3, -0.25) is 9.59 Å². The Morgan fingerprint density at radius 3 is 2.33 bits per heavy atom. The van der Waals surface area contributed by atoms with Gasteiger partial charge in [0.25, 0.3) is 5.91 Å². The van der Waals surface area contributed by atoms with Gasteiger partial charge in [0.05, 0.1) is 6.61 Å². The fourth-order valence-electron chi connectivity index (χ4n) is 2.46. The van der Waals surface area contributed by atoms with Crippen molar-refractivity contribution >= 4 is 23.4 Å². The highest BCUT2D eigenvalue weighted by molar-refractivity contribution is 6.30. The van der Waals surface area contributed by atoms with Gasteiger partial charge < -0.3 is 15.4 Å². The number of ether oxygens (including phenoxy) is 1. The van der Waals surface area contributed by atoms with Gasteiger partial charge in [-0.1, -0.05) is 43.6 Å². The summed E-state index contributed by atoms with van der Waals surface area (Å²) in [6.07, 6.45) is 0.677. The van der Waals surface area contributed by atoms with Gasteiger partial charge in [-0.2, -0.15) is 0 Å². The number of hydrogen-bond donors (Lipinski definition) is 2. The molecule has 2 rings (SSSR count). The smallest absolute Gasteiger partial charge is 0.251 e. The molecule has 0 spiro atoms. The van der Waals surface area contributed by atoms with E-state index in [9.17, 15) is 9.59 Å². The van der Waals surface area contributed by atoms with Gasteiger partial charge in [-0.05, 0) is 48.7 Å². The summed E-state index contributed by atoms with van der Waals surface area (Å²) in [6, 6.07) is 15.5. The molecular weight excluding hydrogens is 364 g/mol. The van der Waals surface area contributed by atoms with E-state index in [4.69, 9.17) is 16.3 Å². The first kappa shape index (κ1) is 20.8. The molecule has 0 heterocycles. The van der Waals surface area contributed by atoms with Crippen LogP contribution in [0.2, 0.25) is 5.02 Å². The van der Waals surface area contributed by atoms with Crippen LogP contribution in [0.4, 0.5) is 0 Å². The molecule has 0 fully saturated rings. The maximum absolute atomic E-state index is 12.5. The van der Waals surface area contributed by atoms with Crippen molar-refractivity contribution in [2.24, 2.45) is 5.92 Å². The number of carbonyl (C=O) groups excluding carboxylic acids is 2. The molecule has 0 aliphatic rings. The van der Waals surface area contributed by atoms with Gasteiger partial charge in [0.15, 0.2) is 0 Å². The normalized spacial score (nSPS) is 11.7. The number of nitrogens with one attached hydrogen (secondary N) is 2. The van der Waals surface area contributed by atoms with Crippen molar-refractivity contribution < 1.29 is 14.3 Å². The molecule has 2 N–H and O–H groups in total. The molecule has 2 aromatic carbocycles. The molecule has 2 amide bonds. The van der Waals surface area contributed by atoms with Gasteiger partial charge >= 0.3 is 0 Å². The van der Waals surface area contributed by atoms with E-state index < -0.39 is 6.04 Å². The summed E-state index contributed by atoms with van der Waals surface area (Å²) in [5.41, 5.74) is 0.467. The maximum atomic E-state index is 12.5. The van der Waals surface area contributed by atoms with Crippen molar-refractivity contribution in [3.05, 3.63) is 65.2 Å². The molecule has 1 unspecified atom stereocenters. The Hall–Kier alpha value is -2.53. The van der Waals surface area contributed by atoms with Crippen molar-refractivity contribution in [2.75, 3.05) is 13.2 Å². The molecule has 144 valence electrons. The van der Waals surface area contributed by atoms with Crippen LogP contribution >= 0.6 is 11.6 Å². The number of hydrogen-bond acceptors (Lipinski definition) is 3. The Kier molecular flexibility index (Phi) is 8.14. The Labute approximate surface area is 165 Å². The third kappa shape index (κ3) is 6.94. The Balaban J connectivity index is 1.78. The minimum atomic E-state index is -0.608. The molecule has 1 atom stereocenters. The average Bonchev–Trinajstić information content (AvgIpc) is 2.66. The van der Waals surface area contributed by atoms with E-state index in [2.05, 4.69) is 10.6 Å². The van der Waals surface area contributed by atoms with E-state index in [0.29, 0.717) is 30.2 Å². The first-order valence-electron chi connectivity index (χ1n) is 8.99. The number of benzene rings is 2. The Morgan fingerprint density at radius 2 is 1.70 bits per heavy atom. The summed E-state index contributed by atoms with van der Waals surface area (Å²) in [6.45, 7) is 4.77. The van der Waals surface area contributed by atoms with Gasteiger partial charge in [0, 0.05) is 17.1 Å². The first-order valence-corrected chi connectivity index (χ1v) is 9.37. The zero-order valence-electron chi connectivity index (χ0n) is 15.6. The van der Waals surface area contributed by atoms with Gasteiger partial charge in [-0.15, -0.1) is 0 Å². The molecule has 27 heavy (non-hydrogen) atoms. The summed E-state index contributed by atoms with van der Waals surface area (Å²) >= 11 is 5.84. The second kappa shape index (κ2) is 10.6. The fourth-order valence-corrected chi connectivity index (χ4v) is 2.59. The highest BCUT2D eigenvalue weighted by Crippen LogP contribution is 2.11. The molecule has 5 nitrogen and oxygen atoms in total. The van der Waals surface area contributed by atoms with Crippen LogP contribution in [0.25, 0.3) is 0 Å². The summed E-state index contributed by atoms with van der Waals surface area (Å²) in [4.78, 5) is 24.8. The zero-order chi connectivity index (χ0) is 19.6. The van der Waals surface area contributed by atoms with E-state index in [1.165, 1.54) is 0 Å². The lowest BCUT2D eigenvalue weighted by Gasteiger charge is -2.21.